The van der Waals surface area contributed by atoms with Crippen LogP contribution >= 0.6 is 27.7 Å². The van der Waals surface area contributed by atoms with Crippen LogP contribution in [0.15, 0.2) is 76.1 Å². The number of non-ortho nitro benzene ring substituents is 1. The molecule has 9 heteroatoms. The molecular weight excluding hydrogens is 520 g/mol. The second-order valence-electron chi connectivity index (χ2n) is 7.65. The molecule has 1 fully saturated rings. The van der Waals surface area contributed by atoms with Gasteiger partial charge >= 0.3 is 0 Å². The number of benzene rings is 3. The van der Waals surface area contributed by atoms with E-state index in [4.69, 9.17) is 4.74 Å². The van der Waals surface area contributed by atoms with Gasteiger partial charge in [-0.05, 0) is 54.1 Å². The number of carbonyl (C=O) groups is 2. The Morgan fingerprint density at radius 3 is 2.59 bits per heavy atom. The number of ether oxygens (including phenoxy) is 1. The summed E-state index contributed by atoms with van der Waals surface area (Å²) in [5.41, 5.74) is 3.17. The van der Waals surface area contributed by atoms with E-state index in [9.17, 15) is 19.7 Å². The highest BCUT2D eigenvalue weighted by atomic mass is 79.9. The van der Waals surface area contributed by atoms with Crippen LogP contribution in [0.4, 0.5) is 10.5 Å². The highest BCUT2D eigenvalue weighted by molar-refractivity contribution is 9.10. The fourth-order valence-electron chi connectivity index (χ4n) is 3.46. The maximum absolute atomic E-state index is 13.0. The summed E-state index contributed by atoms with van der Waals surface area (Å²) in [5, 5.41) is 10.7. The number of aryl methyl sites for hydroxylation is 1. The van der Waals surface area contributed by atoms with Crippen molar-refractivity contribution in [3.05, 3.63) is 108 Å². The number of nitro benzene ring substituents is 1. The average molecular weight is 539 g/mol. The van der Waals surface area contributed by atoms with Gasteiger partial charge in [-0.1, -0.05) is 57.9 Å². The summed E-state index contributed by atoms with van der Waals surface area (Å²) in [5.74, 6) is 0.126. The first kappa shape index (κ1) is 23.7. The zero-order valence-electron chi connectivity index (χ0n) is 18.1. The molecule has 0 bridgehead atoms. The molecular formula is C25H19BrN2O5S. The molecule has 0 N–H and O–H groups in total. The molecule has 1 aliphatic rings. The minimum Gasteiger partial charge on any atom is -0.488 e. The number of nitro groups is 1. The summed E-state index contributed by atoms with van der Waals surface area (Å²) >= 11 is 4.32. The smallest absolute Gasteiger partial charge is 0.293 e. The van der Waals surface area contributed by atoms with Crippen molar-refractivity contribution in [3.63, 3.8) is 0 Å². The predicted molar refractivity (Wildman–Crippen MR) is 134 cm³/mol. The highest BCUT2D eigenvalue weighted by Crippen LogP contribution is 2.36. The number of amides is 2. The third-order valence-electron chi connectivity index (χ3n) is 5.07. The number of nitrogens with zero attached hydrogens (tertiary/aromatic N) is 2. The Balaban J connectivity index is 1.55. The number of thioether (sulfide) groups is 1. The number of imide groups is 1. The van der Waals surface area contributed by atoms with Crippen molar-refractivity contribution in [1.82, 2.24) is 4.90 Å². The summed E-state index contributed by atoms with van der Waals surface area (Å²) in [4.78, 5) is 37.6. The van der Waals surface area contributed by atoms with Crippen molar-refractivity contribution in [2.45, 2.75) is 20.1 Å². The van der Waals surface area contributed by atoms with Gasteiger partial charge in [0.05, 0.1) is 16.4 Å². The normalized spacial score (nSPS) is 14.6. The number of rotatable bonds is 7. The Labute approximate surface area is 208 Å². The molecule has 0 radical (unpaired) electrons. The zero-order valence-corrected chi connectivity index (χ0v) is 20.5. The van der Waals surface area contributed by atoms with Gasteiger partial charge in [0, 0.05) is 22.2 Å². The van der Waals surface area contributed by atoms with Gasteiger partial charge in [-0.25, -0.2) is 0 Å². The van der Waals surface area contributed by atoms with Crippen LogP contribution in [-0.2, 0) is 17.9 Å². The van der Waals surface area contributed by atoms with Gasteiger partial charge in [-0.2, -0.15) is 0 Å². The van der Waals surface area contributed by atoms with E-state index in [1.54, 1.807) is 36.4 Å². The predicted octanol–water partition coefficient (Wildman–Crippen LogP) is 6.48. The van der Waals surface area contributed by atoms with Crippen LogP contribution in [0, 0.1) is 17.0 Å². The van der Waals surface area contributed by atoms with E-state index in [-0.39, 0.29) is 30.0 Å². The van der Waals surface area contributed by atoms with E-state index < -0.39 is 4.92 Å². The maximum Gasteiger partial charge on any atom is 0.293 e. The molecule has 0 atom stereocenters. The van der Waals surface area contributed by atoms with Gasteiger partial charge < -0.3 is 4.74 Å². The molecule has 1 heterocycles. The zero-order chi connectivity index (χ0) is 24.2. The molecule has 0 aliphatic carbocycles. The minimum atomic E-state index is -0.457. The van der Waals surface area contributed by atoms with Crippen molar-refractivity contribution in [1.29, 1.82) is 0 Å². The summed E-state index contributed by atoms with van der Waals surface area (Å²) in [7, 11) is 0. The van der Waals surface area contributed by atoms with Crippen molar-refractivity contribution < 1.29 is 19.2 Å². The van der Waals surface area contributed by atoms with Gasteiger partial charge in [0.25, 0.3) is 16.8 Å². The first-order valence-electron chi connectivity index (χ1n) is 10.3. The Bertz CT molecular complexity index is 1320. The van der Waals surface area contributed by atoms with Crippen LogP contribution in [0.1, 0.15) is 22.3 Å². The second kappa shape index (κ2) is 10.2. The van der Waals surface area contributed by atoms with Crippen LogP contribution in [-0.4, -0.2) is 21.0 Å². The fourth-order valence-corrected chi connectivity index (χ4v) is 4.66. The second-order valence-corrected chi connectivity index (χ2v) is 9.56. The third kappa shape index (κ3) is 5.55. The maximum atomic E-state index is 13.0. The van der Waals surface area contributed by atoms with Crippen LogP contribution in [0.2, 0.25) is 0 Å². The monoisotopic (exact) mass is 538 g/mol. The lowest BCUT2D eigenvalue weighted by Gasteiger charge is -2.13. The molecule has 1 aliphatic heterocycles. The average Bonchev–Trinajstić information content (AvgIpc) is 3.06. The molecule has 1 saturated heterocycles. The lowest BCUT2D eigenvalue weighted by molar-refractivity contribution is -0.384. The van der Waals surface area contributed by atoms with Crippen molar-refractivity contribution in [2.24, 2.45) is 0 Å². The SMILES string of the molecule is Cc1cccc(CN2C(=O)S/C(=C\c3cc(Br)ccc3OCc3cccc([N+](=O)[O-])c3)C2=O)c1. The summed E-state index contributed by atoms with van der Waals surface area (Å²) in [6, 6.07) is 19.2. The molecule has 3 aromatic rings. The topological polar surface area (TPSA) is 89.8 Å². The standard InChI is InChI=1S/C25H19BrN2O5S/c1-16-4-2-5-17(10-16)14-27-24(29)23(34-25(27)30)13-19-12-20(26)8-9-22(19)33-15-18-6-3-7-21(11-18)28(31)32/h2-13H,14-15H2,1H3/b23-13-. The molecule has 172 valence electrons. The van der Waals surface area contributed by atoms with E-state index in [2.05, 4.69) is 15.9 Å². The summed E-state index contributed by atoms with van der Waals surface area (Å²) < 4.78 is 6.69. The van der Waals surface area contributed by atoms with Crippen LogP contribution in [0.5, 0.6) is 5.75 Å². The summed E-state index contributed by atoms with van der Waals surface area (Å²) in [6.45, 7) is 2.27. The van der Waals surface area contributed by atoms with E-state index in [0.29, 0.717) is 21.8 Å². The Kier molecular flexibility index (Phi) is 7.14. The Hall–Kier alpha value is -3.43. The number of hydrogen-bond donors (Lipinski definition) is 0. The lowest BCUT2D eigenvalue weighted by atomic mass is 10.1. The molecule has 0 spiro atoms. The number of hydrogen-bond acceptors (Lipinski definition) is 6. The van der Waals surface area contributed by atoms with Crippen LogP contribution < -0.4 is 4.74 Å². The largest absolute Gasteiger partial charge is 0.488 e. The molecule has 0 saturated carbocycles. The first-order valence-corrected chi connectivity index (χ1v) is 11.9. The van der Waals surface area contributed by atoms with E-state index in [1.807, 2.05) is 31.2 Å². The van der Waals surface area contributed by atoms with Crippen LogP contribution in [0.25, 0.3) is 6.08 Å². The van der Waals surface area contributed by atoms with E-state index in [1.165, 1.54) is 17.0 Å². The first-order chi connectivity index (χ1) is 16.3. The van der Waals surface area contributed by atoms with Gasteiger partial charge in [0.1, 0.15) is 12.4 Å². The van der Waals surface area contributed by atoms with Crippen LogP contribution in [0.3, 0.4) is 0 Å². The number of carbonyl (C=O) groups excluding carboxylic acids is 2. The van der Waals surface area contributed by atoms with Gasteiger partial charge in [-0.3, -0.25) is 24.6 Å². The fraction of sp³-hybridized carbons (Fsp3) is 0.120. The van der Waals surface area contributed by atoms with Crippen molar-refractivity contribution >= 4 is 50.6 Å². The lowest BCUT2D eigenvalue weighted by Crippen LogP contribution is -2.27. The molecule has 34 heavy (non-hydrogen) atoms. The van der Waals surface area contributed by atoms with Crippen molar-refractivity contribution in [2.75, 3.05) is 0 Å². The van der Waals surface area contributed by atoms with Gasteiger partial charge in [-0.15, -0.1) is 0 Å². The third-order valence-corrected chi connectivity index (χ3v) is 6.47. The van der Waals surface area contributed by atoms with Crippen molar-refractivity contribution in [3.8, 4) is 5.75 Å². The number of halogens is 1. The molecule has 7 nitrogen and oxygen atoms in total. The van der Waals surface area contributed by atoms with E-state index in [0.717, 1.165) is 27.4 Å². The summed E-state index contributed by atoms with van der Waals surface area (Å²) in [6.07, 6.45) is 1.63. The molecule has 3 aromatic carbocycles. The Morgan fingerprint density at radius 1 is 1.06 bits per heavy atom. The molecule has 4 rings (SSSR count). The molecule has 2 amide bonds. The van der Waals surface area contributed by atoms with Gasteiger partial charge in [0.15, 0.2) is 0 Å². The van der Waals surface area contributed by atoms with E-state index >= 15 is 0 Å². The minimum absolute atomic E-state index is 0.0144. The Morgan fingerprint density at radius 2 is 1.82 bits per heavy atom. The van der Waals surface area contributed by atoms with Gasteiger partial charge in [0.2, 0.25) is 0 Å². The molecule has 0 aromatic heterocycles. The quantitative estimate of drug-likeness (QED) is 0.194. The highest BCUT2D eigenvalue weighted by Gasteiger charge is 2.35. The molecule has 0 unspecified atom stereocenters.